The predicted molar refractivity (Wildman–Crippen MR) is 307 cm³/mol. The number of unbranched alkanes of at least 4 members (excludes halogenated alkanes) is 38. The molecule has 0 heterocycles. The Bertz CT molecular complexity index is 1230. The molecule has 0 unspecified atom stereocenters. The van der Waals surface area contributed by atoms with Gasteiger partial charge in [-0.1, -0.05) is 256 Å². The van der Waals surface area contributed by atoms with Crippen molar-refractivity contribution >= 4 is 17.9 Å². The minimum Gasteiger partial charge on any atom is -0.462 e. The number of carbonyl (C=O) groups is 3. The van der Waals surface area contributed by atoms with Crippen molar-refractivity contribution in [3.05, 3.63) is 48.6 Å². The summed E-state index contributed by atoms with van der Waals surface area (Å²) in [6.45, 7) is 6.64. The molecule has 0 aromatic carbocycles. The number of esters is 3. The molecule has 0 aromatic heterocycles. The smallest absolute Gasteiger partial charge is 0.306 e. The van der Waals surface area contributed by atoms with Gasteiger partial charge in [0.2, 0.25) is 0 Å². The van der Waals surface area contributed by atoms with Gasteiger partial charge in [0, 0.05) is 19.3 Å². The van der Waals surface area contributed by atoms with Crippen LogP contribution in [0.5, 0.6) is 0 Å². The van der Waals surface area contributed by atoms with E-state index in [4.69, 9.17) is 14.2 Å². The summed E-state index contributed by atoms with van der Waals surface area (Å²) in [5.74, 6) is -0.874. The molecule has 0 saturated heterocycles. The number of rotatable bonds is 57. The molecule has 0 N–H and O–H groups in total. The summed E-state index contributed by atoms with van der Waals surface area (Å²) in [5, 5.41) is 0. The van der Waals surface area contributed by atoms with Crippen molar-refractivity contribution in [2.24, 2.45) is 0 Å². The minimum atomic E-state index is -0.780. The molecule has 0 radical (unpaired) electrons. The Labute approximate surface area is 441 Å². The van der Waals surface area contributed by atoms with Crippen molar-refractivity contribution in [1.29, 1.82) is 0 Å². The van der Waals surface area contributed by atoms with Crippen LogP contribution in [0.4, 0.5) is 0 Å². The van der Waals surface area contributed by atoms with Crippen molar-refractivity contribution in [2.45, 2.75) is 335 Å². The van der Waals surface area contributed by atoms with E-state index in [1.54, 1.807) is 0 Å². The maximum Gasteiger partial charge on any atom is 0.306 e. The van der Waals surface area contributed by atoms with Gasteiger partial charge in [-0.25, -0.2) is 0 Å². The first-order valence-electron chi connectivity index (χ1n) is 31.1. The van der Waals surface area contributed by atoms with Crippen LogP contribution in [0, 0.1) is 0 Å². The fourth-order valence-electron chi connectivity index (χ4n) is 9.05. The molecule has 0 fully saturated rings. The first kappa shape index (κ1) is 68.4. The largest absolute Gasteiger partial charge is 0.462 e. The molecule has 0 amide bonds. The SMILES string of the molecule is CCCCC/C=C\C/C=C\CCCCCCCCCCCC(=O)OC[C@H](COC(=O)CCCCCCCCCCC/C=C\CCCCCCCC)OC(=O)CCCCCCC/C=C\CCCCCCCC. The van der Waals surface area contributed by atoms with E-state index in [0.717, 1.165) is 70.6 Å². The molecule has 6 heteroatoms. The molecule has 71 heavy (non-hydrogen) atoms. The quantitative estimate of drug-likeness (QED) is 0.0261. The summed E-state index contributed by atoms with van der Waals surface area (Å²) in [5.41, 5.74) is 0. The van der Waals surface area contributed by atoms with Crippen LogP contribution >= 0.6 is 0 Å². The first-order valence-corrected chi connectivity index (χ1v) is 31.1. The molecule has 0 spiro atoms. The molecule has 0 aliphatic carbocycles. The van der Waals surface area contributed by atoms with E-state index < -0.39 is 6.10 Å². The summed E-state index contributed by atoms with van der Waals surface area (Å²) in [6, 6.07) is 0. The fourth-order valence-corrected chi connectivity index (χ4v) is 9.05. The Morgan fingerprint density at radius 2 is 0.507 bits per heavy atom. The van der Waals surface area contributed by atoms with E-state index in [1.807, 2.05) is 0 Å². The summed E-state index contributed by atoms with van der Waals surface area (Å²) in [6.07, 6.45) is 73.9. The van der Waals surface area contributed by atoms with E-state index >= 15 is 0 Å². The van der Waals surface area contributed by atoms with E-state index in [9.17, 15) is 14.4 Å². The van der Waals surface area contributed by atoms with Crippen LogP contribution in [-0.2, 0) is 28.6 Å². The molecule has 0 rings (SSSR count). The molecule has 414 valence electrons. The Balaban J connectivity index is 4.35. The van der Waals surface area contributed by atoms with Gasteiger partial charge >= 0.3 is 17.9 Å². The predicted octanol–water partition coefficient (Wildman–Crippen LogP) is 21.0. The number of hydrogen-bond donors (Lipinski definition) is 0. The van der Waals surface area contributed by atoms with Gasteiger partial charge in [-0.2, -0.15) is 0 Å². The second-order valence-electron chi connectivity index (χ2n) is 21.0. The highest BCUT2D eigenvalue weighted by Crippen LogP contribution is 2.16. The third-order valence-electron chi connectivity index (χ3n) is 13.8. The lowest BCUT2D eigenvalue weighted by Crippen LogP contribution is -2.30. The second kappa shape index (κ2) is 59.9. The number of allylic oxidation sites excluding steroid dienone is 8. The van der Waals surface area contributed by atoms with Crippen LogP contribution in [0.2, 0.25) is 0 Å². The zero-order valence-corrected chi connectivity index (χ0v) is 47.5. The monoisotopic (exact) mass is 995 g/mol. The molecule has 6 nitrogen and oxygen atoms in total. The fraction of sp³-hybridized carbons (Fsp3) is 0.831. The molecule has 0 bridgehead atoms. The molecular formula is C65H118O6. The lowest BCUT2D eigenvalue weighted by molar-refractivity contribution is -0.167. The maximum absolute atomic E-state index is 12.9. The summed E-state index contributed by atoms with van der Waals surface area (Å²) >= 11 is 0. The Hall–Kier alpha value is -2.63. The Kier molecular flexibility index (Phi) is 57.7. The van der Waals surface area contributed by atoms with Gasteiger partial charge in [-0.3, -0.25) is 14.4 Å². The van der Waals surface area contributed by atoms with Gasteiger partial charge in [0.15, 0.2) is 6.10 Å². The van der Waals surface area contributed by atoms with Crippen molar-refractivity contribution in [3.8, 4) is 0 Å². The molecule has 0 aliphatic rings. The average molecular weight is 996 g/mol. The third-order valence-corrected chi connectivity index (χ3v) is 13.8. The first-order chi connectivity index (χ1) is 35.0. The summed E-state index contributed by atoms with van der Waals surface area (Å²) in [4.78, 5) is 38.3. The Morgan fingerprint density at radius 3 is 0.817 bits per heavy atom. The lowest BCUT2D eigenvalue weighted by atomic mass is 10.1. The summed E-state index contributed by atoms with van der Waals surface area (Å²) in [7, 11) is 0. The van der Waals surface area contributed by atoms with Crippen LogP contribution in [-0.4, -0.2) is 37.2 Å². The third kappa shape index (κ3) is 58.1. The van der Waals surface area contributed by atoms with E-state index in [-0.39, 0.29) is 31.1 Å². The van der Waals surface area contributed by atoms with Gasteiger partial charge in [0.1, 0.15) is 13.2 Å². The highest BCUT2D eigenvalue weighted by molar-refractivity contribution is 5.71. The topological polar surface area (TPSA) is 78.9 Å². The van der Waals surface area contributed by atoms with Gasteiger partial charge < -0.3 is 14.2 Å². The molecule has 1 atom stereocenters. The Morgan fingerprint density at radius 1 is 0.282 bits per heavy atom. The van der Waals surface area contributed by atoms with Gasteiger partial charge in [0.05, 0.1) is 0 Å². The number of ether oxygens (including phenoxy) is 3. The average Bonchev–Trinajstić information content (AvgIpc) is 3.37. The molecule has 0 aliphatic heterocycles. The van der Waals surface area contributed by atoms with E-state index in [2.05, 4.69) is 69.4 Å². The van der Waals surface area contributed by atoms with Crippen LogP contribution in [0.1, 0.15) is 329 Å². The molecule has 0 saturated carbocycles. The van der Waals surface area contributed by atoms with Crippen LogP contribution < -0.4 is 0 Å². The van der Waals surface area contributed by atoms with E-state index in [0.29, 0.717) is 19.3 Å². The van der Waals surface area contributed by atoms with Crippen molar-refractivity contribution in [3.63, 3.8) is 0 Å². The van der Waals surface area contributed by atoms with Crippen LogP contribution in [0.3, 0.4) is 0 Å². The van der Waals surface area contributed by atoms with Crippen molar-refractivity contribution in [2.75, 3.05) is 13.2 Å². The second-order valence-corrected chi connectivity index (χ2v) is 21.0. The normalized spacial score (nSPS) is 12.3. The standard InChI is InChI=1S/C65H118O6/c1-4-7-10-13-16-19-22-25-28-30-32-34-37-39-42-45-48-51-54-57-63(66)69-60-62(71-65(68)59-56-53-50-47-44-41-36-27-24-21-18-15-12-9-6-3)61-70-64(67)58-55-52-49-46-43-40-38-35-33-31-29-26-23-20-17-14-11-8-5-2/h16,19,25-29,36,62H,4-15,17-18,20-24,30-35,37-61H2,1-3H3/b19-16-,28-25-,29-26-,36-27-/t62-/m1/s1. The number of carbonyl (C=O) groups excluding carboxylic acids is 3. The van der Waals surface area contributed by atoms with Crippen LogP contribution in [0.25, 0.3) is 0 Å². The van der Waals surface area contributed by atoms with Gasteiger partial charge in [0.25, 0.3) is 0 Å². The van der Waals surface area contributed by atoms with Gasteiger partial charge in [-0.15, -0.1) is 0 Å². The van der Waals surface area contributed by atoms with E-state index in [1.165, 1.54) is 218 Å². The highest BCUT2D eigenvalue weighted by Gasteiger charge is 2.19. The van der Waals surface area contributed by atoms with Crippen molar-refractivity contribution < 1.29 is 28.6 Å². The van der Waals surface area contributed by atoms with Crippen LogP contribution in [0.15, 0.2) is 48.6 Å². The maximum atomic E-state index is 12.9. The van der Waals surface area contributed by atoms with Crippen molar-refractivity contribution in [1.82, 2.24) is 0 Å². The highest BCUT2D eigenvalue weighted by atomic mass is 16.6. The lowest BCUT2D eigenvalue weighted by Gasteiger charge is -2.18. The zero-order valence-electron chi connectivity index (χ0n) is 47.5. The molecular weight excluding hydrogens is 877 g/mol. The summed E-state index contributed by atoms with van der Waals surface area (Å²) < 4.78 is 16.9. The zero-order chi connectivity index (χ0) is 51.4. The minimum absolute atomic E-state index is 0.0767. The van der Waals surface area contributed by atoms with Gasteiger partial charge in [-0.05, 0) is 103 Å². The number of hydrogen-bond acceptors (Lipinski definition) is 6. The molecule has 0 aromatic rings.